The largest absolute Gasteiger partial charge is 0.478 e. The third-order valence-electron chi connectivity index (χ3n) is 3.23. The number of aliphatic hydroxyl groups is 2. The molecule has 0 heterocycles. The molecule has 0 saturated carbocycles. The van der Waals surface area contributed by atoms with Crippen LogP contribution in [0.2, 0.25) is 0 Å². The van der Waals surface area contributed by atoms with Crippen molar-refractivity contribution in [3.8, 4) is 0 Å². The molecule has 1 aliphatic rings. The summed E-state index contributed by atoms with van der Waals surface area (Å²) < 4.78 is 0. The van der Waals surface area contributed by atoms with Crippen LogP contribution >= 0.6 is 0 Å². The molecular formula is C14H17NO4. The van der Waals surface area contributed by atoms with Gasteiger partial charge in [0.15, 0.2) is 0 Å². The van der Waals surface area contributed by atoms with E-state index in [1.807, 2.05) is 30.3 Å². The van der Waals surface area contributed by atoms with Gasteiger partial charge in [-0.3, -0.25) is 0 Å². The molecule has 0 aromatic heterocycles. The van der Waals surface area contributed by atoms with Crippen LogP contribution in [-0.4, -0.2) is 39.5 Å². The molecule has 102 valence electrons. The van der Waals surface area contributed by atoms with Crippen LogP contribution in [0, 0.1) is 0 Å². The van der Waals surface area contributed by atoms with Crippen LogP contribution in [0.3, 0.4) is 0 Å². The highest BCUT2D eigenvalue weighted by molar-refractivity contribution is 5.87. The molecule has 4 N–H and O–H groups in total. The number of aliphatic carboxylic acids is 1. The zero-order chi connectivity index (χ0) is 13.8. The Hall–Kier alpha value is -1.69. The molecule has 1 aliphatic carbocycles. The summed E-state index contributed by atoms with van der Waals surface area (Å²) in [6.07, 6.45) is -0.598. The molecule has 0 radical (unpaired) electrons. The van der Waals surface area contributed by atoms with Gasteiger partial charge < -0.3 is 20.6 Å². The van der Waals surface area contributed by atoms with Crippen molar-refractivity contribution in [2.45, 2.75) is 31.2 Å². The zero-order valence-electron chi connectivity index (χ0n) is 10.4. The van der Waals surface area contributed by atoms with Gasteiger partial charge in [-0.1, -0.05) is 36.4 Å². The molecule has 5 nitrogen and oxygen atoms in total. The van der Waals surface area contributed by atoms with Gasteiger partial charge in [0.1, 0.15) is 0 Å². The number of nitrogens with one attached hydrogen (secondary N) is 1. The Bertz CT molecular complexity index is 472. The van der Waals surface area contributed by atoms with E-state index in [0.29, 0.717) is 6.54 Å². The molecule has 3 unspecified atom stereocenters. The number of rotatable bonds is 4. The Balaban J connectivity index is 2.05. The second-order valence-corrected chi connectivity index (χ2v) is 4.65. The smallest absolute Gasteiger partial charge is 0.331 e. The minimum Gasteiger partial charge on any atom is -0.478 e. The van der Waals surface area contributed by atoms with E-state index in [4.69, 9.17) is 5.11 Å². The van der Waals surface area contributed by atoms with Gasteiger partial charge in [-0.15, -0.1) is 0 Å². The average Bonchev–Trinajstić information content (AvgIpc) is 2.41. The van der Waals surface area contributed by atoms with Crippen LogP contribution in [0.1, 0.15) is 12.0 Å². The third-order valence-corrected chi connectivity index (χ3v) is 3.23. The zero-order valence-corrected chi connectivity index (χ0v) is 10.4. The van der Waals surface area contributed by atoms with Crippen LogP contribution in [0.4, 0.5) is 0 Å². The monoisotopic (exact) mass is 263 g/mol. The molecular weight excluding hydrogens is 246 g/mol. The predicted octanol–water partition coefficient (Wildman–Crippen LogP) is 0.281. The van der Waals surface area contributed by atoms with Crippen molar-refractivity contribution < 1.29 is 20.1 Å². The minimum atomic E-state index is -1.06. The van der Waals surface area contributed by atoms with Gasteiger partial charge in [0.25, 0.3) is 0 Å². The Morgan fingerprint density at radius 3 is 2.58 bits per heavy atom. The predicted molar refractivity (Wildman–Crippen MR) is 69.4 cm³/mol. The molecule has 0 saturated heterocycles. The van der Waals surface area contributed by atoms with E-state index in [2.05, 4.69) is 5.32 Å². The number of benzene rings is 1. The first kappa shape index (κ1) is 13.7. The maximum absolute atomic E-state index is 10.9. The van der Waals surface area contributed by atoms with E-state index < -0.39 is 24.2 Å². The molecule has 5 heteroatoms. The molecule has 1 aromatic carbocycles. The fourth-order valence-corrected chi connectivity index (χ4v) is 2.14. The van der Waals surface area contributed by atoms with Crippen molar-refractivity contribution in [1.29, 1.82) is 0 Å². The maximum atomic E-state index is 10.9. The first-order chi connectivity index (χ1) is 9.08. The number of carboxylic acids is 1. The number of hydrogen-bond acceptors (Lipinski definition) is 4. The topological polar surface area (TPSA) is 89.8 Å². The van der Waals surface area contributed by atoms with Gasteiger partial charge in [0.2, 0.25) is 0 Å². The van der Waals surface area contributed by atoms with Crippen molar-refractivity contribution in [1.82, 2.24) is 5.32 Å². The van der Waals surface area contributed by atoms with Crippen LogP contribution in [0.25, 0.3) is 0 Å². The Kier molecular flexibility index (Phi) is 4.31. The molecule has 0 amide bonds. The Labute approximate surface area is 111 Å². The first-order valence-electron chi connectivity index (χ1n) is 6.15. The number of hydrogen-bond donors (Lipinski definition) is 4. The first-order valence-corrected chi connectivity index (χ1v) is 6.15. The molecule has 0 aliphatic heterocycles. The van der Waals surface area contributed by atoms with Gasteiger partial charge in [-0.25, -0.2) is 4.79 Å². The molecule has 0 bridgehead atoms. The maximum Gasteiger partial charge on any atom is 0.331 e. The van der Waals surface area contributed by atoms with Crippen molar-refractivity contribution >= 4 is 5.97 Å². The fourth-order valence-electron chi connectivity index (χ4n) is 2.14. The van der Waals surface area contributed by atoms with E-state index >= 15 is 0 Å². The van der Waals surface area contributed by atoms with Crippen LogP contribution in [-0.2, 0) is 11.3 Å². The van der Waals surface area contributed by atoms with E-state index in [-0.39, 0.29) is 12.0 Å². The van der Waals surface area contributed by atoms with Gasteiger partial charge in [-0.2, -0.15) is 0 Å². The Morgan fingerprint density at radius 1 is 1.26 bits per heavy atom. The fraction of sp³-hybridized carbons (Fsp3) is 0.357. The van der Waals surface area contributed by atoms with Crippen molar-refractivity contribution in [3.05, 3.63) is 47.5 Å². The summed E-state index contributed by atoms with van der Waals surface area (Å²) in [5.41, 5.74) is 1.16. The van der Waals surface area contributed by atoms with Gasteiger partial charge in [0.05, 0.1) is 18.2 Å². The highest BCUT2D eigenvalue weighted by atomic mass is 16.4. The van der Waals surface area contributed by atoms with Gasteiger partial charge in [-0.05, 0) is 5.56 Å². The molecule has 2 rings (SSSR count). The summed E-state index contributed by atoms with van der Waals surface area (Å²) in [5, 5.41) is 31.5. The average molecular weight is 263 g/mol. The lowest BCUT2D eigenvalue weighted by atomic mass is 9.90. The van der Waals surface area contributed by atoms with Crippen LogP contribution < -0.4 is 5.32 Å². The normalized spacial score (nSPS) is 26.8. The number of carboxylic acid groups (broad SMARTS) is 1. The lowest BCUT2D eigenvalue weighted by Crippen LogP contribution is -2.48. The lowest BCUT2D eigenvalue weighted by molar-refractivity contribution is -0.133. The molecule has 3 atom stereocenters. The molecule has 0 fully saturated rings. The highest BCUT2D eigenvalue weighted by Crippen LogP contribution is 2.20. The van der Waals surface area contributed by atoms with Crippen LogP contribution in [0.5, 0.6) is 0 Å². The quantitative estimate of drug-likeness (QED) is 0.626. The summed E-state index contributed by atoms with van der Waals surface area (Å²) in [6.45, 7) is 0.499. The van der Waals surface area contributed by atoms with Crippen molar-refractivity contribution in [3.63, 3.8) is 0 Å². The standard InChI is InChI=1S/C14H17NO4/c16-12-7-10(14(18)19)6-11(13(12)17)15-8-9-4-2-1-3-5-9/h1-6,11-13,15-17H,7-8H2,(H,18,19). The van der Waals surface area contributed by atoms with E-state index in [1.165, 1.54) is 6.08 Å². The van der Waals surface area contributed by atoms with Gasteiger partial charge >= 0.3 is 5.97 Å². The summed E-state index contributed by atoms with van der Waals surface area (Å²) in [4.78, 5) is 10.9. The second-order valence-electron chi connectivity index (χ2n) is 4.65. The summed E-state index contributed by atoms with van der Waals surface area (Å²) in [5.74, 6) is -1.06. The summed E-state index contributed by atoms with van der Waals surface area (Å²) in [6, 6.07) is 9.02. The lowest BCUT2D eigenvalue weighted by Gasteiger charge is -2.30. The molecule has 19 heavy (non-hydrogen) atoms. The van der Waals surface area contributed by atoms with E-state index in [1.54, 1.807) is 0 Å². The van der Waals surface area contributed by atoms with Crippen LogP contribution in [0.15, 0.2) is 42.0 Å². The second kappa shape index (κ2) is 5.97. The Morgan fingerprint density at radius 2 is 1.95 bits per heavy atom. The summed E-state index contributed by atoms with van der Waals surface area (Å²) >= 11 is 0. The third kappa shape index (κ3) is 3.41. The SMILES string of the molecule is O=C(O)C1=CC(NCc2ccccc2)C(O)C(O)C1. The van der Waals surface area contributed by atoms with Crippen molar-refractivity contribution in [2.24, 2.45) is 0 Å². The van der Waals surface area contributed by atoms with Crippen molar-refractivity contribution in [2.75, 3.05) is 0 Å². The summed E-state index contributed by atoms with van der Waals surface area (Å²) in [7, 11) is 0. The van der Waals surface area contributed by atoms with E-state index in [0.717, 1.165) is 5.56 Å². The number of aliphatic hydroxyl groups excluding tert-OH is 2. The molecule has 1 aromatic rings. The minimum absolute atomic E-state index is 0.0278. The van der Waals surface area contributed by atoms with Gasteiger partial charge in [0, 0.05) is 18.5 Å². The number of carbonyl (C=O) groups is 1. The molecule has 0 spiro atoms. The van der Waals surface area contributed by atoms with E-state index in [9.17, 15) is 15.0 Å². The highest BCUT2D eigenvalue weighted by Gasteiger charge is 2.32.